The molecule has 0 heterocycles. The van der Waals surface area contributed by atoms with E-state index in [2.05, 4.69) is 15.9 Å². The van der Waals surface area contributed by atoms with Crippen LogP contribution in [0.4, 0.5) is 0 Å². The van der Waals surface area contributed by atoms with Crippen LogP contribution in [0.3, 0.4) is 0 Å². The molecule has 112 valence electrons. The molecule has 21 heavy (non-hydrogen) atoms. The summed E-state index contributed by atoms with van der Waals surface area (Å²) in [5, 5.41) is 0. The van der Waals surface area contributed by atoms with Gasteiger partial charge in [-0.15, -0.1) is 0 Å². The lowest BCUT2D eigenvalue weighted by Crippen LogP contribution is -2.04. The highest BCUT2D eigenvalue weighted by Crippen LogP contribution is 2.32. The first-order chi connectivity index (χ1) is 9.77. The highest BCUT2D eigenvalue weighted by atomic mass is 79.9. The topological polar surface area (TPSA) is 69.4 Å². The number of nitrogens with two attached hydrogens (primary N) is 1. The van der Waals surface area contributed by atoms with Gasteiger partial charge in [0.05, 0.1) is 9.37 Å². The zero-order valence-corrected chi connectivity index (χ0v) is 14.1. The van der Waals surface area contributed by atoms with E-state index in [0.29, 0.717) is 11.5 Å². The number of ether oxygens (including phenoxy) is 1. The maximum atomic E-state index is 11.4. The second kappa shape index (κ2) is 6.17. The van der Waals surface area contributed by atoms with Crippen molar-refractivity contribution in [1.29, 1.82) is 0 Å². The van der Waals surface area contributed by atoms with E-state index in [0.717, 1.165) is 10.0 Å². The molecule has 1 atom stereocenters. The van der Waals surface area contributed by atoms with Crippen molar-refractivity contribution in [2.45, 2.75) is 17.9 Å². The van der Waals surface area contributed by atoms with E-state index in [9.17, 15) is 8.42 Å². The van der Waals surface area contributed by atoms with Gasteiger partial charge in [-0.3, -0.25) is 0 Å². The Bertz CT molecular complexity index is 740. The lowest BCUT2D eigenvalue weighted by atomic mass is 10.1. The summed E-state index contributed by atoms with van der Waals surface area (Å²) in [6.07, 6.45) is 1.17. The molecule has 2 N–H and O–H groups in total. The fraction of sp³-hybridized carbons (Fsp3) is 0.200. The van der Waals surface area contributed by atoms with E-state index in [4.69, 9.17) is 10.5 Å². The summed E-state index contributed by atoms with van der Waals surface area (Å²) >= 11 is 3.44. The van der Waals surface area contributed by atoms with E-state index in [-0.39, 0.29) is 10.9 Å². The summed E-state index contributed by atoms with van der Waals surface area (Å²) < 4.78 is 29.3. The van der Waals surface area contributed by atoms with Crippen LogP contribution in [0.2, 0.25) is 0 Å². The summed E-state index contributed by atoms with van der Waals surface area (Å²) in [4.78, 5) is 0.265. The minimum atomic E-state index is -3.19. The molecule has 0 aliphatic rings. The van der Waals surface area contributed by atoms with Gasteiger partial charge < -0.3 is 10.5 Å². The molecule has 0 aliphatic carbocycles. The molecule has 0 saturated carbocycles. The van der Waals surface area contributed by atoms with E-state index in [1.54, 1.807) is 12.1 Å². The molecule has 0 radical (unpaired) electrons. The van der Waals surface area contributed by atoms with Gasteiger partial charge in [-0.25, -0.2) is 8.42 Å². The van der Waals surface area contributed by atoms with Crippen molar-refractivity contribution in [1.82, 2.24) is 0 Å². The predicted molar refractivity (Wildman–Crippen MR) is 86.4 cm³/mol. The average molecular weight is 370 g/mol. The van der Waals surface area contributed by atoms with E-state index in [1.807, 2.05) is 25.1 Å². The van der Waals surface area contributed by atoms with Gasteiger partial charge in [0, 0.05) is 12.3 Å². The summed E-state index contributed by atoms with van der Waals surface area (Å²) in [5.74, 6) is 1.21. The highest BCUT2D eigenvalue weighted by molar-refractivity contribution is 9.10. The van der Waals surface area contributed by atoms with Crippen molar-refractivity contribution >= 4 is 25.8 Å². The van der Waals surface area contributed by atoms with Crippen LogP contribution in [0.15, 0.2) is 51.8 Å². The summed E-state index contributed by atoms with van der Waals surface area (Å²) in [5.41, 5.74) is 6.83. The van der Waals surface area contributed by atoms with Crippen LogP contribution in [0.5, 0.6) is 11.5 Å². The average Bonchev–Trinajstić information content (AvgIpc) is 2.40. The monoisotopic (exact) mass is 369 g/mol. The fourth-order valence-electron chi connectivity index (χ4n) is 1.76. The Kier molecular flexibility index (Phi) is 4.70. The molecule has 0 fully saturated rings. The second-order valence-corrected chi connectivity index (χ2v) is 7.69. The molecule has 0 amide bonds. The van der Waals surface area contributed by atoms with Crippen LogP contribution >= 0.6 is 15.9 Å². The number of halogens is 1. The molecule has 4 nitrogen and oxygen atoms in total. The SMILES string of the molecule is C[C@H](N)c1ccc(Oc2ccc(S(C)(=O)=O)cc2)c(Br)c1. The third-order valence-corrected chi connectivity index (χ3v) is 4.71. The molecular weight excluding hydrogens is 354 g/mol. The first-order valence-corrected chi connectivity index (χ1v) is 8.99. The number of benzene rings is 2. The molecule has 2 aromatic carbocycles. The largest absolute Gasteiger partial charge is 0.456 e. The van der Waals surface area contributed by atoms with Crippen molar-refractivity contribution in [2.24, 2.45) is 5.73 Å². The van der Waals surface area contributed by atoms with Crippen molar-refractivity contribution in [3.05, 3.63) is 52.5 Å². The van der Waals surface area contributed by atoms with Crippen molar-refractivity contribution in [2.75, 3.05) is 6.26 Å². The molecule has 0 aromatic heterocycles. The zero-order valence-electron chi connectivity index (χ0n) is 11.7. The lowest BCUT2D eigenvalue weighted by Gasteiger charge is -2.11. The Balaban J connectivity index is 2.22. The molecule has 6 heteroatoms. The molecule has 2 rings (SSSR count). The Hall–Kier alpha value is -1.37. The maximum Gasteiger partial charge on any atom is 0.175 e. The van der Waals surface area contributed by atoms with Crippen LogP contribution in [-0.2, 0) is 9.84 Å². The molecule has 0 saturated heterocycles. The van der Waals surface area contributed by atoms with Crippen LogP contribution < -0.4 is 10.5 Å². The van der Waals surface area contributed by atoms with Crippen LogP contribution in [0, 0.1) is 0 Å². The van der Waals surface area contributed by atoms with E-state index < -0.39 is 9.84 Å². The third-order valence-electron chi connectivity index (χ3n) is 2.96. The molecule has 0 aliphatic heterocycles. The van der Waals surface area contributed by atoms with Crippen molar-refractivity contribution in [3.63, 3.8) is 0 Å². The maximum absolute atomic E-state index is 11.4. The first-order valence-electron chi connectivity index (χ1n) is 6.30. The number of hydrogen-bond donors (Lipinski definition) is 1. The highest BCUT2D eigenvalue weighted by Gasteiger charge is 2.09. The normalized spacial score (nSPS) is 13.0. The Morgan fingerprint density at radius 2 is 1.76 bits per heavy atom. The number of hydrogen-bond acceptors (Lipinski definition) is 4. The van der Waals surface area contributed by atoms with Gasteiger partial charge >= 0.3 is 0 Å². The smallest absolute Gasteiger partial charge is 0.175 e. The van der Waals surface area contributed by atoms with Gasteiger partial charge in [-0.2, -0.15) is 0 Å². The quantitative estimate of drug-likeness (QED) is 0.892. The standard InChI is InChI=1S/C15H16BrNO3S/c1-10(17)11-3-8-15(14(16)9-11)20-12-4-6-13(7-5-12)21(2,18)19/h3-10H,17H2,1-2H3/t10-/m0/s1. The van der Waals surface area contributed by atoms with Crippen molar-refractivity contribution in [3.8, 4) is 11.5 Å². The molecule has 0 spiro atoms. The van der Waals surface area contributed by atoms with E-state index >= 15 is 0 Å². The molecule has 0 unspecified atom stereocenters. The van der Waals surface area contributed by atoms with Gasteiger partial charge in [0.1, 0.15) is 11.5 Å². The Morgan fingerprint density at radius 1 is 1.14 bits per heavy atom. The predicted octanol–water partition coefficient (Wildman–Crippen LogP) is 3.66. The number of rotatable bonds is 4. The summed E-state index contributed by atoms with van der Waals surface area (Å²) in [7, 11) is -3.19. The van der Waals surface area contributed by atoms with Gasteiger partial charge in [-0.05, 0) is 64.8 Å². The summed E-state index contributed by atoms with van der Waals surface area (Å²) in [6.45, 7) is 1.91. The molecule has 2 aromatic rings. The van der Waals surface area contributed by atoms with Gasteiger partial charge in [-0.1, -0.05) is 6.07 Å². The molecular formula is C15H16BrNO3S. The van der Waals surface area contributed by atoms with Gasteiger partial charge in [0.2, 0.25) is 0 Å². The number of sulfone groups is 1. The lowest BCUT2D eigenvalue weighted by molar-refractivity contribution is 0.478. The zero-order chi connectivity index (χ0) is 15.6. The first kappa shape index (κ1) is 16.0. The summed E-state index contributed by atoms with van der Waals surface area (Å²) in [6, 6.07) is 11.9. The minimum Gasteiger partial charge on any atom is -0.456 e. The van der Waals surface area contributed by atoms with Crippen LogP contribution in [0.25, 0.3) is 0 Å². The molecule has 0 bridgehead atoms. The van der Waals surface area contributed by atoms with Gasteiger partial charge in [0.15, 0.2) is 9.84 Å². The Labute approximate surface area is 133 Å². The Morgan fingerprint density at radius 3 is 2.24 bits per heavy atom. The second-order valence-electron chi connectivity index (χ2n) is 4.82. The van der Waals surface area contributed by atoms with Crippen LogP contribution in [0.1, 0.15) is 18.5 Å². The van der Waals surface area contributed by atoms with Crippen LogP contribution in [-0.4, -0.2) is 14.7 Å². The van der Waals surface area contributed by atoms with Gasteiger partial charge in [0.25, 0.3) is 0 Å². The fourth-order valence-corrected chi connectivity index (χ4v) is 2.87. The van der Waals surface area contributed by atoms with E-state index in [1.165, 1.54) is 18.4 Å². The third kappa shape index (κ3) is 4.06. The van der Waals surface area contributed by atoms with Crippen molar-refractivity contribution < 1.29 is 13.2 Å². The minimum absolute atomic E-state index is 0.0515.